The highest BCUT2D eigenvalue weighted by Gasteiger charge is 2.14. The molecule has 104 valence electrons. The summed E-state index contributed by atoms with van der Waals surface area (Å²) in [7, 11) is 1.47. The second-order valence-electron chi connectivity index (χ2n) is 4.01. The van der Waals surface area contributed by atoms with E-state index in [-0.39, 0.29) is 5.91 Å². The lowest BCUT2D eigenvalue weighted by Crippen LogP contribution is -2.14. The Kier molecular flexibility index (Phi) is 4.52. The third-order valence-electron chi connectivity index (χ3n) is 2.67. The number of nitrogens with one attached hydrogen (secondary N) is 1. The molecule has 3 N–H and O–H groups in total. The van der Waals surface area contributed by atoms with E-state index in [4.69, 9.17) is 22.1 Å². The minimum Gasteiger partial charge on any atom is -0.494 e. The molecule has 0 aliphatic carbocycles. The molecule has 0 spiro atoms. The molecule has 0 heterocycles. The summed E-state index contributed by atoms with van der Waals surface area (Å²) < 4.78 is 5.87. The van der Waals surface area contributed by atoms with E-state index >= 15 is 0 Å². The largest absolute Gasteiger partial charge is 0.494 e. The van der Waals surface area contributed by atoms with Crippen molar-refractivity contribution in [1.82, 2.24) is 0 Å². The first-order valence-corrected chi connectivity index (χ1v) is 6.89. The highest BCUT2D eigenvalue weighted by molar-refractivity contribution is 9.10. The van der Waals surface area contributed by atoms with Crippen molar-refractivity contribution in [2.75, 3.05) is 18.2 Å². The fraction of sp³-hybridized carbons (Fsp3) is 0.0714. The number of ether oxygens (including phenoxy) is 1. The standard InChI is InChI=1S/C14H12BrClN2O2/c1-20-13-9(3-2-4-12(13)17)14(19)18-8-5-6-11(16)10(15)7-8/h2-7H,17H2,1H3,(H,18,19). The number of amides is 1. The van der Waals surface area contributed by atoms with Crippen LogP contribution in [-0.2, 0) is 0 Å². The first-order chi connectivity index (χ1) is 9.52. The second kappa shape index (κ2) is 6.15. The van der Waals surface area contributed by atoms with E-state index in [0.29, 0.717) is 32.2 Å². The third-order valence-corrected chi connectivity index (χ3v) is 3.89. The number of benzene rings is 2. The SMILES string of the molecule is COc1c(N)cccc1C(=O)Nc1ccc(Cl)c(Br)c1. The molecule has 0 atom stereocenters. The lowest BCUT2D eigenvalue weighted by Gasteiger charge is -2.11. The molecule has 0 aliphatic heterocycles. The summed E-state index contributed by atoms with van der Waals surface area (Å²) in [5, 5.41) is 3.34. The van der Waals surface area contributed by atoms with Crippen LogP contribution in [-0.4, -0.2) is 13.0 Å². The number of anilines is 2. The van der Waals surface area contributed by atoms with Crippen molar-refractivity contribution in [3.8, 4) is 5.75 Å². The zero-order valence-corrected chi connectivity index (χ0v) is 13.0. The monoisotopic (exact) mass is 354 g/mol. The summed E-state index contributed by atoms with van der Waals surface area (Å²) >= 11 is 9.21. The fourth-order valence-electron chi connectivity index (χ4n) is 1.73. The van der Waals surface area contributed by atoms with Gasteiger partial charge in [-0.25, -0.2) is 0 Å². The van der Waals surface area contributed by atoms with E-state index < -0.39 is 0 Å². The van der Waals surface area contributed by atoms with Crippen molar-refractivity contribution in [3.05, 3.63) is 51.5 Å². The average molecular weight is 356 g/mol. The molecule has 0 bridgehead atoms. The van der Waals surface area contributed by atoms with Crippen LogP contribution in [0, 0.1) is 0 Å². The van der Waals surface area contributed by atoms with Gasteiger partial charge in [-0.05, 0) is 46.3 Å². The van der Waals surface area contributed by atoms with Crippen LogP contribution in [0.3, 0.4) is 0 Å². The van der Waals surface area contributed by atoms with E-state index in [9.17, 15) is 4.79 Å². The van der Waals surface area contributed by atoms with Gasteiger partial charge in [-0.15, -0.1) is 0 Å². The molecule has 0 radical (unpaired) electrons. The molecule has 0 aromatic heterocycles. The van der Waals surface area contributed by atoms with Gasteiger partial charge in [-0.3, -0.25) is 4.79 Å². The highest BCUT2D eigenvalue weighted by atomic mass is 79.9. The van der Waals surface area contributed by atoms with E-state index in [1.807, 2.05) is 0 Å². The van der Waals surface area contributed by atoms with Gasteiger partial charge in [-0.1, -0.05) is 17.7 Å². The zero-order valence-electron chi connectivity index (χ0n) is 10.6. The Morgan fingerprint density at radius 3 is 2.75 bits per heavy atom. The summed E-state index contributed by atoms with van der Waals surface area (Å²) in [4.78, 5) is 12.2. The number of hydrogen-bond donors (Lipinski definition) is 2. The second-order valence-corrected chi connectivity index (χ2v) is 5.27. The average Bonchev–Trinajstić information content (AvgIpc) is 2.42. The molecule has 0 unspecified atom stereocenters. The lowest BCUT2D eigenvalue weighted by atomic mass is 10.1. The molecule has 2 aromatic rings. The number of nitrogen functional groups attached to an aromatic ring is 1. The number of nitrogens with two attached hydrogens (primary N) is 1. The molecule has 2 aromatic carbocycles. The van der Waals surface area contributed by atoms with E-state index in [1.165, 1.54) is 7.11 Å². The summed E-state index contributed by atoms with van der Waals surface area (Å²) in [6, 6.07) is 10.1. The fourth-order valence-corrected chi connectivity index (χ4v) is 2.23. The molecule has 1 amide bonds. The molecule has 0 fully saturated rings. The molecule has 0 aliphatic rings. The van der Waals surface area contributed by atoms with Crippen LogP contribution in [0.15, 0.2) is 40.9 Å². The summed E-state index contributed by atoms with van der Waals surface area (Å²) in [5.41, 5.74) is 7.19. The van der Waals surface area contributed by atoms with Gasteiger partial charge in [0.2, 0.25) is 0 Å². The van der Waals surface area contributed by atoms with Gasteiger partial charge in [0.05, 0.1) is 23.4 Å². The maximum absolute atomic E-state index is 12.2. The predicted molar refractivity (Wildman–Crippen MR) is 84.5 cm³/mol. The van der Waals surface area contributed by atoms with Crippen molar-refractivity contribution in [1.29, 1.82) is 0 Å². The zero-order chi connectivity index (χ0) is 14.7. The quantitative estimate of drug-likeness (QED) is 0.820. The van der Waals surface area contributed by atoms with Gasteiger partial charge in [0.15, 0.2) is 5.75 Å². The van der Waals surface area contributed by atoms with Gasteiger partial charge in [0.1, 0.15) is 0 Å². The van der Waals surface area contributed by atoms with Gasteiger partial charge in [-0.2, -0.15) is 0 Å². The Morgan fingerprint density at radius 1 is 1.35 bits per heavy atom. The molecular weight excluding hydrogens is 344 g/mol. The number of methoxy groups -OCH3 is 1. The molecule has 0 saturated carbocycles. The number of rotatable bonds is 3. The van der Waals surface area contributed by atoms with Gasteiger partial charge in [0, 0.05) is 10.2 Å². The van der Waals surface area contributed by atoms with Crippen LogP contribution >= 0.6 is 27.5 Å². The number of carbonyl (C=O) groups is 1. The Bertz CT molecular complexity index is 662. The van der Waals surface area contributed by atoms with Crippen molar-refractivity contribution >= 4 is 44.8 Å². The van der Waals surface area contributed by atoms with E-state index in [0.717, 1.165) is 0 Å². The van der Waals surface area contributed by atoms with Crippen molar-refractivity contribution in [3.63, 3.8) is 0 Å². The predicted octanol–water partition coefficient (Wildman–Crippen LogP) is 3.95. The Labute approximate surface area is 130 Å². The highest BCUT2D eigenvalue weighted by Crippen LogP contribution is 2.28. The van der Waals surface area contributed by atoms with Gasteiger partial charge < -0.3 is 15.8 Å². The molecule has 6 heteroatoms. The minimum atomic E-state index is -0.302. The molecule has 0 saturated heterocycles. The number of carbonyl (C=O) groups excluding carboxylic acids is 1. The summed E-state index contributed by atoms with van der Waals surface area (Å²) in [6.45, 7) is 0. The van der Waals surface area contributed by atoms with E-state index in [1.54, 1.807) is 36.4 Å². The van der Waals surface area contributed by atoms with Crippen LogP contribution in [0.25, 0.3) is 0 Å². The maximum atomic E-state index is 12.2. The summed E-state index contributed by atoms with van der Waals surface area (Å²) in [6.07, 6.45) is 0. The third kappa shape index (κ3) is 3.05. The van der Waals surface area contributed by atoms with Crippen LogP contribution in [0.5, 0.6) is 5.75 Å². The number of hydrogen-bond acceptors (Lipinski definition) is 3. The van der Waals surface area contributed by atoms with E-state index in [2.05, 4.69) is 21.2 Å². The van der Waals surface area contributed by atoms with Crippen LogP contribution in [0.4, 0.5) is 11.4 Å². The smallest absolute Gasteiger partial charge is 0.259 e. The van der Waals surface area contributed by atoms with Crippen molar-refractivity contribution < 1.29 is 9.53 Å². The molecule has 4 nitrogen and oxygen atoms in total. The Hall–Kier alpha value is -1.72. The lowest BCUT2D eigenvalue weighted by molar-refractivity contribution is 0.102. The number of para-hydroxylation sites is 1. The van der Waals surface area contributed by atoms with Gasteiger partial charge >= 0.3 is 0 Å². The van der Waals surface area contributed by atoms with Crippen LogP contribution < -0.4 is 15.8 Å². The van der Waals surface area contributed by atoms with Crippen molar-refractivity contribution in [2.24, 2.45) is 0 Å². The van der Waals surface area contributed by atoms with Crippen LogP contribution in [0.1, 0.15) is 10.4 Å². The minimum absolute atomic E-state index is 0.302. The summed E-state index contributed by atoms with van der Waals surface area (Å²) in [5.74, 6) is 0.0569. The normalized spacial score (nSPS) is 10.2. The molecule has 20 heavy (non-hydrogen) atoms. The molecular formula is C14H12BrClN2O2. The Balaban J connectivity index is 2.28. The van der Waals surface area contributed by atoms with Crippen LogP contribution in [0.2, 0.25) is 5.02 Å². The topological polar surface area (TPSA) is 64.3 Å². The number of halogens is 2. The first-order valence-electron chi connectivity index (χ1n) is 5.72. The van der Waals surface area contributed by atoms with Crippen molar-refractivity contribution in [2.45, 2.75) is 0 Å². The first kappa shape index (κ1) is 14.7. The molecule has 2 rings (SSSR count). The Morgan fingerprint density at radius 2 is 2.10 bits per heavy atom. The van der Waals surface area contributed by atoms with Gasteiger partial charge in [0.25, 0.3) is 5.91 Å². The maximum Gasteiger partial charge on any atom is 0.259 e.